The van der Waals surface area contributed by atoms with E-state index in [0.717, 1.165) is 13.1 Å². The molecule has 0 saturated carbocycles. The van der Waals surface area contributed by atoms with Gasteiger partial charge in [-0.3, -0.25) is 9.11 Å². The van der Waals surface area contributed by atoms with Crippen LogP contribution in [0.2, 0.25) is 0 Å². The SMILES string of the molecule is O=S([O-])(=S)CC(O)CN1CCOCC1.[Na+]. The molecule has 8 heteroatoms. The van der Waals surface area contributed by atoms with E-state index < -0.39 is 14.9 Å². The number of hydrogen-bond donors (Lipinski definition) is 1. The van der Waals surface area contributed by atoms with Crippen LogP contribution in [0.1, 0.15) is 0 Å². The van der Waals surface area contributed by atoms with E-state index in [0.29, 0.717) is 19.8 Å². The van der Waals surface area contributed by atoms with Crippen LogP contribution in [-0.4, -0.2) is 63.5 Å². The summed E-state index contributed by atoms with van der Waals surface area (Å²) >= 11 is 4.20. The van der Waals surface area contributed by atoms with Crippen LogP contribution < -0.4 is 29.6 Å². The van der Waals surface area contributed by atoms with Gasteiger partial charge in [0.1, 0.15) is 0 Å². The first-order chi connectivity index (χ1) is 6.47. The van der Waals surface area contributed by atoms with E-state index in [-0.39, 0.29) is 35.3 Å². The van der Waals surface area contributed by atoms with Gasteiger partial charge in [-0.25, -0.2) is 0 Å². The Morgan fingerprint density at radius 3 is 2.53 bits per heavy atom. The van der Waals surface area contributed by atoms with Crippen molar-refractivity contribution in [3.63, 3.8) is 0 Å². The molecule has 0 aromatic rings. The summed E-state index contributed by atoms with van der Waals surface area (Å²) in [5, 5.41) is 9.41. The maximum atomic E-state index is 10.7. The van der Waals surface area contributed by atoms with Gasteiger partial charge < -0.3 is 14.4 Å². The quantitative estimate of drug-likeness (QED) is 0.516. The molecule has 1 N–H and O–H groups in total. The number of ether oxygens (including phenoxy) is 1. The zero-order chi connectivity index (χ0) is 10.6. The molecule has 1 fully saturated rings. The van der Waals surface area contributed by atoms with E-state index >= 15 is 0 Å². The van der Waals surface area contributed by atoms with E-state index in [9.17, 15) is 13.9 Å². The van der Waals surface area contributed by atoms with Crippen LogP contribution in [0.15, 0.2) is 0 Å². The number of aliphatic hydroxyl groups is 1. The van der Waals surface area contributed by atoms with Crippen LogP contribution in [-0.2, 0) is 24.7 Å². The van der Waals surface area contributed by atoms with Crippen molar-refractivity contribution in [2.24, 2.45) is 0 Å². The standard InChI is InChI=1S/C7H15NO4S2.Na/c9-7(6-14(10,11)13)5-8-1-3-12-4-2-8;/h7,9H,1-6H2,(H,10,11,13);/q;+1/p-1. The molecule has 0 bridgehead atoms. The largest absolute Gasteiger partial charge is 1.00 e. The Bertz CT molecular complexity index is 266. The molecule has 2 unspecified atom stereocenters. The molecule has 1 aliphatic rings. The summed E-state index contributed by atoms with van der Waals surface area (Å²) in [6.07, 6.45) is -0.893. The van der Waals surface area contributed by atoms with Gasteiger partial charge in [-0.2, -0.15) is 0 Å². The predicted molar refractivity (Wildman–Crippen MR) is 54.4 cm³/mol. The molecule has 2 atom stereocenters. The summed E-state index contributed by atoms with van der Waals surface area (Å²) in [6, 6.07) is 0. The van der Waals surface area contributed by atoms with Crippen molar-refractivity contribution in [3.05, 3.63) is 0 Å². The molecule has 15 heavy (non-hydrogen) atoms. The van der Waals surface area contributed by atoms with E-state index in [1.807, 2.05) is 4.90 Å². The Morgan fingerprint density at radius 1 is 1.53 bits per heavy atom. The second-order valence-corrected chi connectivity index (χ2v) is 6.26. The third-order valence-electron chi connectivity index (χ3n) is 1.97. The zero-order valence-corrected chi connectivity index (χ0v) is 12.4. The Morgan fingerprint density at radius 2 is 2.07 bits per heavy atom. The van der Waals surface area contributed by atoms with E-state index in [2.05, 4.69) is 11.2 Å². The third kappa shape index (κ3) is 8.00. The number of hydrogen-bond acceptors (Lipinski definition) is 6. The van der Waals surface area contributed by atoms with Crippen molar-refractivity contribution >= 4 is 20.0 Å². The first kappa shape index (κ1) is 16.2. The number of aliphatic hydroxyl groups excluding tert-OH is 1. The molecule has 1 saturated heterocycles. The van der Waals surface area contributed by atoms with Crippen LogP contribution in [0, 0.1) is 0 Å². The van der Waals surface area contributed by atoms with Gasteiger partial charge in [0.05, 0.1) is 19.3 Å². The van der Waals surface area contributed by atoms with Crippen LogP contribution in [0.4, 0.5) is 0 Å². The second kappa shape index (κ2) is 7.52. The minimum absolute atomic E-state index is 0. The molecule has 0 aromatic carbocycles. The molecule has 1 aliphatic heterocycles. The molecule has 1 heterocycles. The van der Waals surface area contributed by atoms with Gasteiger partial charge in [-0.05, 0) is 20.0 Å². The third-order valence-corrected chi connectivity index (χ3v) is 3.17. The van der Waals surface area contributed by atoms with Crippen LogP contribution in [0.3, 0.4) is 0 Å². The zero-order valence-electron chi connectivity index (χ0n) is 8.76. The molecule has 0 aliphatic carbocycles. The topological polar surface area (TPSA) is 72.8 Å². The fraction of sp³-hybridized carbons (Fsp3) is 1.00. The summed E-state index contributed by atoms with van der Waals surface area (Å²) in [4.78, 5) is 1.97. The minimum atomic E-state index is -3.50. The van der Waals surface area contributed by atoms with Crippen molar-refractivity contribution in [2.45, 2.75) is 6.10 Å². The van der Waals surface area contributed by atoms with Crippen molar-refractivity contribution < 1.29 is 48.2 Å². The van der Waals surface area contributed by atoms with Gasteiger partial charge in [0.2, 0.25) is 0 Å². The van der Waals surface area contributed by atoms with Gasteiger partial charge in [0.25, 0.3) is 0 Å². The average molecular weight is 263 g/mol. The predicted octanol–water partition coefficient (Wildman–Crippen LogP) is -4.44. The number of nitrogens with zero attached hydrogens (tertiary/aromatic N) is 1. The second-order valence-electron chi connectivity index (χ2n) is 3.29. The van der Waals surface area contributed by atoms with E-state index in [4.69, 9.17) is 4.74 Å². The first-order valence-corrected chi connectivity index (χ1v) is 6.97. The number of morpholine rings is 1. The number of rotatable bonds is 4. The minimum Gasteiger partial charge on any atom is -0.769 e. The Labute approximate surface area is 117 Å². The molecular formula is C7H14NNaO4S2. The number of β-amino-alcohol motifs (C(OH)–C–C–N with tert-alkyl or cyclic N) is 1. The molecule has 5 nitrogen and oxygen atoms in total. The van der Waals surface area contributed by atoms with Crippen molar-refractivity contribution in [2.75, 3.05) is 38.6 Å². The van der Waals surface area contributed by atoms with Crippen LogP contribution >= 0.6 is 0 Å². The smallest absolute Gasteiger partial charge is 0.769 e. The Balaban J connectivity index is 0.00000196. The fourth-order valence-electron chi connectivity index (χ4n) is 1.37. The van der Waals surface area contributed by atoms with Crippen molar-refractivity contribution in [3.8, 4) is 0 Å². The maximum absolute atomic E-state index is 10.7. The summed E-state index contributed by atoms with van der Waals surface area (Å²) in [6.45, 7) is 3.07. The molecule has 1 rings (SSSR count). The summed E-state index contributed by atoms with van der Waals surface area (Å²) in [5.41, 5.74) is 0. The summed E-state index contributed by atoms with van der Waals surface area (Å²) in [7, 11) is -3.50. The maximum Gasteiger partial charge on any atom is 1.00 e. The fourth-order valence-corrected chi connectivity index (χ4v) is 2.42. The average Bonchev–Trinajstić information content (AvgIpc) is 2.02. The molecule has 0 radical (unpaired) electrons. The van der Waals surface area contributed by atoms with Crippen molar-refractivity contribution in [1.29, 1.82) is 0 Å². The van der Waals surface area contributed by atoms with E-state index in [1.165, 1.54) is 0 Å². The normalized spacial score (nSPS) is 23.9. The molecule has 0 aromatic heterocycles. The molecular weight excluding hydrogens is 249 g/mol. The molecule has 0 spiro atoms. The Kier molecular flexibility index (Phi) is 8.13. The van der Waals surface area contributed by atoms with Gasteiger partial charge in [-0.1, -0.05) is 0 Å². The Hall–Kier alpha value is 1.21. The summed E-state index contributed by atoms with van der Waals surface area (Å²) in [5.74, 6) is -0.348. The van der Waals surface area contributed by atoms with Gasteiger partial charge >= 0.3 is 29.6 Å². The van der Waals surface area contributed by atoms with Crippen LogP contribution in [0.5, 0.6) is 0 Å². The van der Waals surface area contributed by atoms with Crippen molar-refractivity contribution in [1.82, 2.24) is 4.90 Å². The van der Waals surface area contributed by atoms with Gasteiger partial charge in [0.15, 0.2) is 0 Å². The first-order valence-electron chi connectivity index (χ1n) is 4.39. The monoisotopic (exact) mass is 263 g/mol. The summed E-state index contributed by atoms with van der Waals surface area (Å²) < 4.78 is 26.5. The van der Waals surface area contributed by atoms with E-state index in [1.54, 1.807) is 0 Å². The van der Waals surface area contributed by atoms with Gasteiger partial charge in [0, 0.05) is 25.4 Å². The van der Waals surface area contributed by atoms with Crippen LogP contribution in [0.25, 0.3) is 0 Å². The molecule has 0 amide bonds. The van der Waals surface area contributed by atoms with Gasteiger partial charge in [-0.15, -0.1) is 0 Å². The molecule has 84 valence electrons.